The molecule has 1 amide bonds. The molecule has 0 N–H and O–H groups in total. The Bertz CT molecular complexity index is 968. The first kappa shape index (κ1) is 19.6. The van der Waals surface area contributed by atoms with Crippen LogP contribution < -0.4 is 0 Å². The minimum Gasteiger partial charge on any atom is -0.340 e. The van der Waals surface area contributed by atoms with Gasteiger partial charge in [-0.15, -0.1) is 0 Å². The number of hydrogen-bond acceptors (Lipinski definition) is 5. The van der Waals surface area contributed by atoms with Crippen molar-refractivity contribution in [3.8, 4) is 11.5 Å². The zero-order valence-corrected chi connectivity index (χ0v) is 17.0. The van der Waals surface area contributed by atoms with Crippen molar-refractivity contribution in [2.75, 3.05) is 26.2 Å². The summed E-state index contributed by atoms with van der Waals surface area (Å²) >= 11 is 6.03. The molecule has 0 bridgehead atoms. The predicted octanol–water partition coefficient (Wildman–Crippen LogP) is 3.84. The van der Waals surface area contributed by atoms with Crippen LogP contribution in [-0.4, -0.2) is 52.0 Å². The quantitative estimate of drug-likeness (QED) is 0.639. The van der Waals surface area contributed by atoms with Crippen molar-refractivity contribution in [1.29, 1.82) is 0 Å². The molecule has 1 aromatic heterocycles. The van der Waals surface area contributed by atoms with Gasteiger partial charge in [-0.05, 0) is 30.7 Å². The van der Waals surface area contributed by atoms with Gasteiger partial charge in [0.25, 0.3) is 5.89 Å². The molecule has 6 nitrogen and oxygen atoms in total. The molecule has 1 unspecified atom stereocenters. The highest BCUT2D eigenvalue weighted by atomic mass is 35.5. The maximum atomic E-state index is 12.8. The summed E-state index contributed by atoms with van der Waals surface area (Å²) in [6.45, 7) is 5.55. The summed E-state index contributed by atoms with van der Waals surface area (Å²) in [4.78, 5) is 21.5. The molecule has 4 rings (SSSR count). The summed E-state index contributed by atoms with van der Waals surface area (Å²) in [6, 6.07) is 17.3. The average molecular weight is 411 g/mol. The summed E-state index contributed by atoms with van der Waals surface area (Å²) in [5, 5.41) is 4.72. The molecule has 150 valence electrons. The number of benzene rings is 2. The van der Waals surface area contributed by atoms with Crippen LogP contribution in [0.1, 0.15) is 24.2 Å². The third-order valence-corrected chi connectivity index (χ3v) is 5.49. The highest BCUT2D eigenvalue weighted by Crippen LogP contribution is 2.22. The molecular weight excluding hydrogens is 388 g/mol. The second-order valence-electron chi connectivity index (χ2n) is 7.26. The molecule has 0 spiro atoms. The van der Waals surface area contributed by atoms with Gasteiger partial charge in [-0.2, -0.15) is 4.98 Å². The largest absolute Gasteiger partial charge is 0.340 e. The molecule has 1 fully saturated rings. The van der Waals surface area contributed by atoms with E-state index in [0.29, 0.717) is 36.4 Å². The molecule has 1 aliphatic heterocycles. The summed E-state index contributed by atoms with van der Waals surface area (Å²) in [5.41, 5.74) is 1.86. The monoisotopic (exact) mass is 410 g/mol. The molecule has 3 aromatic rings. The van der Waals surface area contributed by atoms with Gasteiger partial charge in [-0.1, -0.05) is 53.2 Å². The lowest BCUT2D eigenvalue weighted by Gasteiger charge is -2.35. The van der Waals surface area contributed by atoms with Crippen LogP contribution in [0.25, 0.3) is 11.5 Å². The van der Waals surface area contributed by atoms with Crippen LogP contribution in [0.5, 0.6) is 0 Å². The van der Waals surface area contributed by atoms with E-state index in [2.05, 4.69) is 15.0 Å². The van der Waals surface area contributed by atoms with Crippen LogP contribution in [0.15, 0.2) is 59.1 Å². The Kier molecular flexibility index (Phi) is 5.92. The fourth-order valence-electron chi connectivity index (χ4n) is 3.54. The van der Waals surface area contributed by atoms with Crippen molar-refractivity contribution in [2.24, 2.45) is 0 Å². The lowest BCUT2D eigenvalue weighted by atomic mass is 9.99. The van der Waals surface area contributed by atoms with Crippen molar-refractivity contribution in [2.45, 2.75) is 19.4 Å². The Morgan fingerprint density at radius 3 is 2.59 bits per heavy atom. The summed E-state index contributed by atoms with van der Waals surface area (Å²) in [7, 11) is 0. The number of halogens is 1. The zero-order valence-electron chi connectivity index (χ0n) is 16.3. The van der Waals surface area contributed by atoms with E-state index in [1.165, 1.54) is 0 Å². The van der Waals surface area contributed by atoms with Crippen LogP contribution >= 0.6 is 11.6 Å². The van der Waals surface area contributed by atoms with Crippen LogP contribution in [0.4, 0.5) is 0 Å². The van der Waals surface area contributed by atoms with Crippen molar-refractivity contribution in [3.63, 3.8) is 0 Å². The Morgan fingerprint density at radius 2 is 1.86 bits per heavy atom. The van der Waals surface area contributed by atoms with E-state index in [1.54, 1.807) is 6.07 Å². The van der Waals surface area contributed by atoms with Crippen LogP contribution in [0.3, 0.4) is 0 Å². The fraction of sp³-hybridized carbons (Fsp3) is 0.318. The standard InChI is InChI=1S/C22H23ClN4O2/c1-16(17-6-3-2-4-7-17)22(28)27-12-10-26(11-13-27)15-20-24-21(29-25-20)18-8-5-9-19(23)14-18/h2-9,14,16H,10-13,15H2,1H3. The van der Waals surface area contributed by atoms with Gasteiger partial charge in [-0.3, -0.25) is 9.69 Å². The van der Waals surface area contributed by atoms with Crippen molar-refractivity contribution in [1.82, 2.24) is 19.9 Å². The number of carbonyl (C=O) groups is 1. The third-order valence-electron chi connectivity index (χ3n) is 5.26. The van der Waals surface area contributed by atoms with E-state index in [4.69, 9.17) is 16.1 Å². The first-order chi connectivity index (χ1) is 14.1. The second kappa shape index (κ2) is 8.76. The minimum absolute atomic E-state index is 0.125. The molecule has 7 heteroatoms. The minimum atomic E-state index is -0.125. The summed E-state index contributed by atoms with van der Waals surface area (Å²) in [6.07, 6.45) is 0. The number of aromatic nitrogens is 2. The van der Waals surface area contributed by atoms with E-state index in [0.717, 1.165) is 24.2 Å². The van der Waals surface area contributed by atoms with Gasteiger partial charge in [0.2, 0.25) is 5.91 Å². The van der Waals surface area contributed by atoms with Gasteiger partial charge in [-0.25, -0.2) is 0 Å². The van der Waals surface area contributed by atoms with Gasteiger partial charge in [0, 0.05) is 36.8 Å². The van der Waals surface area contributed by atoms with E-state index in [9.17, 15) is 4.79 Å². The third kappa shape index (κ3) is 4.66. The Balaban J connectivity index is 1.32. The Morgan fingerprint density at radius 1 is 1.10 bits per heavy atom. The number of hydrogen-bond donors (Lipinski definition) is 0. The zero-order chi connectivity index (χ0) is 20.2. The lowest BCUT2D eigenvalue weighted by Crippen LogP contribution is -2.49. The summed E-state index contributed by atoms with van der Waals surface area (Å²) in [5.74, 6) is 1.16. The molecule has 2 heterocycles. The summed E-state index contributed by atoms with van der Waals surface area (Å²) < 4.78 is 5.38. The average Bonchev–Trinajstić information content (AvgIpc) is 3.22. The van der Waals surface area contributed by atoms with E-state index < -0.39 is 0 Å². The molecule has 2 aromatic carbocycles. The highest BCUT2D eigenvalue weighted by molar-refractivity contribution is 6.30. The molecular formula is C22H23ClN4O2. The molecule has 0 aliphatic carbocycles. The predicted molar refractivity (Wildman–Crippen MR) is 111 cm³/mol. The number of carbonyl (C=O) groups excluding carboxylic acids is 1. The maximum Gasteiger partial charge on any atom is 0.258 e. The highest BCUT2D eigenvalue weighted by Gasteiger charge is 2.26. The molecule has 1 atom stereocenters. The normalized spacial score (nSPS) is 16.0. The fourth-order valence-corrected chi connectivity index (χ4v) is 3.73. The number of piperazine rings is 1. The molecule has 29 heavy (non-hydrogen) atoms. The second-order valence-corrected chi connectivity index (χ2v) is 7.70. The van der Waals surface area contributed by atoms with Crippen molar-refractivity contribution >= 4 is 17.5 Å². The molecule has 0 radical (unpaired) electrons. The van der Waals surface area contributed by atoms with Gasteiger partial charge in [0.05, 0.1) is 12.5 Å². The topological polar surface area (TPSA) is 62.5 Å². The van der Waals surface area contributed by atoms with Crippen molar-refractivity contribution in [3.05, 3.63) is 71.0 Å². The van der Waals surface area contributed by atoms with Gasteiger partial charge >= 0.3 is 0 Å². The van der Waals surface area contributed by atoms with Gasteiger partial charge < -0.3 is 9.42 Å². The van der Waals surface area contributed by atoms with Gasteiger partial charge in [0.1, 0.15) is 0 Å². The van der Waals surface area contributed by atoms with Crippen LogP contribution in [0.2, 0.25) is 5.02 Å². The maximum absolute atomic E-state index is 12.8. The van der Waals surface area contributed by atoms with E-state index in [-0.39, 0.29) is 11.8 Å². The SMILES string of the molecule is CC(C(=O)N1CCN(Cc2noc(-c3cccc(Cl)c3)n2)CC1)c1ccccc1. The molecule has 0 saturated carbocycles. The smallest absolute Gasteiger partial charge is 0.258 e. The van der Waals surface area contributed by atoms with E-state index >= 15 is 0 Å². The molecule has 1 aliphatic rings. The lowest BCUT2D eigenvalue weighted by molar-refractivity contribution is -0.134. The number of nitrogens with zero attached hydrogens (tertiary/aromatic N) is 4. The first-order valence-corrected chi connectivity index (χ1v) is 10.1. The number of rotatable bonds is 5. The first-order valence-electron chi connectivity index (χ1n) is 9.75. The molecule has 1 saturated heterocycles. The van der Waals surface area contributed by atoms with Crippen molar-refractivity contribution < 1.29 is 9.32 Å². The Hall–Kier alpha value is -2.70. The van der Waals surface area contributed by atoms with Gasteiger partial charge in [0.15, 0.2) is 5.82 Å². The van der Waals surface area contributed by atoms with Crippen LogP contribution in [-0.2, 0) is 11.3 Å². The van der Waals surface area contributed by atoms with Crippen LogP contribution in [0, 0.1) is 0 Å². The van der Waals surface area contributed by atoms with E-state index in [1.807, 2.05) is 60.4 Å². The Labute approximate surface area is 175 Å². The number of amides is 1.